The number of nitrogens with one attached hydrogen (secondary N) is 1. The summed E-state index contributed by atoms with van der Waals surface area (Å²) in [7, 11) is 0. The van der Waals surface area contributed by atoms with E-state index >= 15 is 0 Å². The summed E-state index contributed by atoms with van der Waals surface area (Å²) in [5.41, 5.74) is 5.38. The second-order valence-corrected chi connectivity index (χ2v) is 4.73. The van der Waals surface area contributed by atoms with E-state index in [1.165, 1.54) is 0 Å². The Morgan fingerprint density at radius 3 is 2.58 bits per heavy atom. The summed E-state index contributed by atoms with van der Waals surface area (Å²) in [5.74, 6) is -2.19. The van der Waals surface area contributed by atoms with Gasteiger partial charge in [0.2, 0.25) is 5.91 Å². The second kappa shape index (κ2) is 6.29. The molecule has 19 heavy (non-hydrogen) atoms. The Morgan fingerprint density at radius 2 is 2.05 bits per heavy atom. The van der Waals surface area contributed by atoms with Gasteiger partial charge in [0, 0.05) is 0 Å². The summed E-state index contributed by atoms with van der Waals surface area (Å²) in [6.07, 6.45) is 0.464. The van der Waals surface area contributed by atoms with E-state index in [1.807, 2.05) is 13.8 Å². The first-order chi connectivity index (χ1) is 8.81. The van der Waals surface area contributed by atoms with Crippen LogP contribution < -0.4 is 11.1 Å². The standard InChI is InChI=1S/C13H17FN2O3/c1-7(2)5-10(15)12(17)16-11-6-8(13(18)19)3-4-9(11)14/h3-4,6-7,10H,5,15H2,1-2H3,(H,16,17)(H,18,19)/t10-/m1/s1. The molecule has 0 heterocycles. The molecule has 4 N–H and O–H groups in total. The first-order valence-corrected chi connectivity index (χ1v) is 5.90. The Labute approximate surface area is 110 Å². The predicted octanol–water partition coefficient (Wildman–Crippen LogP) is 1.84. The van der Waals surface area contributed by atoms with Crippen LogP contribution in [0.5, 0.6) is 0 Å². The van der Waals surface area contributed by atoms with Gasteiger partial charge in [-0.25, -0.2) is 9.18 Å². The zero-order chi connectivity index (χ0) is 14.6. The Kier molecular flexibility index (Phi) is 5.00. The number of halogens is 1. The molecule has 1 aromatic rings. The van der Waals surface area contributed by atoms with Gasteiger partial charge in [0.15, 0.2) is 0 Å². The minimum absolute atomic E-state index is 0.103. The van der Waals surface area contributed by atoms with E-state index in [4.69, 9.17) is 10.8 Å². The molecule has 0 aliphatic rings. The van der Waals surface area contributed by atoms with Gasteiger partial charge in [-0.15, -0.1) is 0 Å². The van der Waals surface area contributed by atoms with Crippen molar-refractivity contribution in [2.24, 2.45) is 11.7 Å². The van der Waals surface area contributed by atoms with Crippen LogP contribution in [0, 0.1) is 11.7 Å². The number of carbonyl (C=O) groups excluding carboxylic acids is 1. The van der Waals surface area contributed by atoms with Crippen LogP contribution in [-0.4, -0.2) is 23.0 Å². The highest BCUT2D eigenvalue weighted by atomic mass is 19.1. The Balaban J connectivity index is 2.84. The Bertz CT molecular complexity index is 489. The lowest BCUT2D eigenvalue weighted by molar-refractivity contribution is -0.117. The molecule has 1 amide bonds. The number of nitrogens with two attached hydrogens (primary N) is 1. The molecule has 0 fully saturated rings. The minimum atomic E-state index is -1.19. The number of carbonyl (C=O) groups is 2. The van der Waals surface area contributed by atoms with Crippen LogP contribution in [0.4, 0.5) is 10.1 Å². The molecule has 1 atom stereocenters. The van der Waals surface area contributed by atoms with Crippen LogP contribution in [-0.2, 0) is 4.79 Å². The van der Waals surface area contributed by atoms with Gasteiger partial charge in [-0.1, -0.05) is 13.8 Å². The topological polar surface area (TPSA) is 92.4 Å². The minimum Gasteiger partial charge on any atom is -0.478 e. The van der Waals surface area contributed by atoms with E-state index in [2.05, 4.69) is 5.32 Å². The maximum atomic E-state index is 13.5. The van der Waals surface area contributed by atoms with Gasteiger partial charge < -0.3 is 16.2 Å². The van der Waals surface area contributed by atoms with E-state index < -0.39 is 23.7 Å². The van der Waals surface area contributed by atoms with E-state index in [1.54, 1.807) is 0 Å². The molecular formula is C13H17FN2O3. The van der Waals surface area contributed by atoms with Crippen LogP contribution >= 0.6 is 0 Å². The third-order valence-electron chi connectivity index (χ3n) is 2.53. The van der Waals surface area contributed by atoms with Crippen molar-refractivity contribution in [3.8, 4) is 0 Å². The Morgan fingerprint density at radius 1 is 1.42 bits per heavy atom. The fourth-order valence-electron chi connectivity index (χ4n) is 1.59. The molecule has 6 heteroatoms. The van der Waals surface area contributed by atoms with Crippen molar-refractivity contribution in [1.82, 2.24) is 0 Å². The third kappa shape index (κ3) is 4.33. The summed E-state index contributed by atoms with van der Waals surface area (Å²) >= 11 is 0. The van der Waals surface area contributed by atoms with Crippen molar-refractivity contribution < 1.29 is 19.1 Å². The normalized spacial score (nSPS) is 12.3. The van der Waals surface area contributed by atoms with Crippen molar-refractivity contribution in [3.63, 3.8) is 0 Å². The Hall–Kier alpha value is -1.95. The number of carboxylic acids is 1. The molecule has 0 saturated heterocycles. The van der Waals surface area contributed by atoms with Gasteiger partial charge in [-0.2, -0.15) is 0 Å². The maximum absolute atomic E-state index is 13.5. The van der Waals surface area contributed by atoms with E-state index in [0.29, 0.717) is 6.42 Å². The highest BCUT2D eigenvalue weighted by Crippen LogP contribution is 2.17. The van der Waals surface area contributed by atoms with Crippen molar-refractivity contribution in [3.05, 3.63) is 29.6 Å². The zero-order valence-electron chi connectivity index (χ0n) is 10.8. The molecule has 0 radical (unpaired) electrons. The summed E-state index contributed by atoms with van der Waals surface area (Å²) < 4.78 is 13.5. The molecule has 5 nitrogen and oxygen atoms in total. The molecule has 1 aromatic carbocycles. The average molecular weight is 268 g/mol. The molecule has 0 aliphatic heterocycles. The van der Waals surface area contributed by atoms with Gasteiger partial charge in [-0.3, -0.25) is 4.79 Å². The molecule has 104 valence electrons. The first kappa shape index (κ1) is 15.1. The predicted molar refractivity (Wildman–Crippen MR) is 69.4 cm³/mol. The van der Waals surface area contributed by atoms with E-state index in [9.17, 15) is 14.0 Å². The zero-order valence-corrected chi connectivity index (χ0v) is 10.8. The van der Waals surface area contributed by atoms with Gasteiger partial charge in [0.25, 0.3) is 0 Å². The van der Waals surface area contributed by atoms with Crippen molar-refractivity contribution in [2.45, 2.75) is 26.3 Å². The molecule has 0 bridgehead atoms. The maximum Gasteiger partial charge on any atom is 0.335 e. The molecular weight excluding hydrogens is 251 g/mol. The van der Waals surface area contributed by atoms with Gasteiger partial charge in [0.05, 0.1) is 17.3 Å². The average Bonchev–Trinajstić information content (AvgIpc) is 2.30. The fraction of sp³-hybridized carbons (Fsp3) is 0.385. The third-order valence-corrected chi connectivity index (χ3v) is 2.53. The van der Waals surface area contributed by atoms with Crippen LogP contribution in [0.1, 0.15) is 30.6 Å². The number of hydrogen-bond donors (Lipinski definition) is 3. The summed E-state index contributed by atoms with van der Waals surface area (Å²) in [4.78, 5) is 22.5. The lowest BCUT2D eigenvalue weighted by Crippen LogP contribution is -2.36. The summed E-state index contributed by atoms with van der Waals surface area (Å²) in [6.45, 7) is 3.83. The van der Waals surface area contributed by atoms with Crippen molar-refractivity contribution in [1.29, 1.82) is 0 Å². The monoisotopic (exact) mass is 268 g/mol. The van der Waals surface area contributed by atoms with Gasteiger partial charge >= 0.3 is 5.97 Å². The number of hydrogen-bond acceptors (Lipinski definition) is 3. The second-order valence-electron chi connectivity index (χ2n) is 4.73. The largest absolute Gasteiger partial charge is 0.478 e. The molecule has 0 aliphatic carbocycles. The SMILES string of the molecule is CC(C)C[C@@H](N)C(=O)Nc1cc(C(=O)O)ccc1F. The lowest BCUT2D eigenvalue weighted by Gasteiger charge is -2.14. The number of anilines is 1. The van der Waals surface area contributed by atoms with Crippen LogP contribution in [0.3, 0.4) is 0 Å². The van der Waals surface area contributed by atoms with Crippen LogP contribution in [0.15, 0.2) is 18.2 Å². The molecule has 0 saturated carbocycles. The van der Waals surface area contributed by atoms with Gasteiger partial charge in [-0.05, 0) is 30.5 Å². The fourth-order valence-corrected chi connectivity index (χ4v) is 1.59. The molecule has 0 spiro atoms. The molecule has 0 aromatic heterocycles. The highest BCUT2D eigenvalue weighted by Gasteiger charge is 2.17. The number of aromatic carboxylic acids is 1. The number of benzene rings is 1. The molecule has 1 rings (SSSR count). The van der Waals surface area contributed by atoms with Crippen molar-refractivity contribution in [2.75, 3.05) is 5.32 Å². The summed E-state index contributed by atoms with van der Waals surface area (Å²) in [6, 6.07) is 2.43. The molecule has 0 unspecified atom stereocenters. The van der Waals surface area contributed by atoms with E-state index in [0.717, 1.165) is 18.2 Å². The number of rotatable bonds is 5. The summed E-state index contributed by atoms with van der Waals surface area (Å²) in [5, 5.41) is 11.1. The first-order valence-electron chi connectivity index (χ1n) is 5.90. The van der Waals surface area contributed by atoms with Gasteiger partial charge in [0.1, 0.15) is 5.82 Å². The van der Waals surface area contributed by atoms with E-state index in [-0.39, 0.29) is 17.2 Å². The quantitative estimate of drug-likeness (QED) is 0.759. The smallest absolute Gasteiger partial charge is 0.335 e. The lowest BCUT2D eigenvalue weighted by atomic mass is 10.0. The highest BCUT2D eigenvalue weighted by molar-refractivity contribution is 5.96. The van der Waals surface area contributed by atoms with Crippen LogP contribution in [0.2, 0.25) is 0 Å². The number of amides is 1. The van der Waals surface area contributed by atoms with Crippen LogP contribution in [0.25, 0.3) is 0 Å². The number of carboxylic acid groups (broad SMARTS) is 1. The van der Waals surface area contributed by atoms with Crippen molar-refractivity contribution >= 4 is 17.6 Å².